The summed E-state index contributed by atoms with van der Waals surface area (Å²) < 4.78 is 55.9. The predicted octanol–water partition coefficient (Wildman–Crippen LogP) is 6.27. The number of anilines is 1. The van der Waals surface area contributed by atoms with E-state index in [9.17, 15) is 27.2 Å². The summed E-state index contributed by atoms with van der Waals surface area (Å²) in [4.78, 5) is 28.8. The molecule has 1 atom stereocenters. The average Bonchev–Trinajstić information content (AvgIpc) is 2.83. The minimum Gasteiger partial charge on any atom is -0.348 e. The lowest BCUT2D eigenvalue weighted by Crippen LogP contribution is -2.46. The van der Waals surface area contributed by atoms with Gasteiger partial charge in [-0.3, -0.25) is 9.69 Å². The van der Waals surface area contributed by atoms with Crippen molar-refractivity contribution in [2.45, 2.75) is 33.0 Å². The summed E-state index contributed by atoms with van der Waals surface area (Å²) >= 11 is 6.24. The Kier molecular flexibility index (Phi) is 6.95. The number of rotatable bonds is 5. The largest absolute Gasteiger partial charge is 0.348 e. The van der Waals surface area contributed by atoms with E-state index < -0.39 is 47.3 Å². The fourth-order valence-corrected chi connectivity index (χ4v) is 4.33. The molecule has 1 aliphatic rings. The van der Waals surface area contributed by atoms with Crippen LogP contribution in [0.1, 0.15) is 45.6 Å². The number of hydrogen-bond acceptors (Lipinski definition) is 2. The van der Waals surface area contributed by atoms with Crippen LogP contribution >= 0.6 is 11.6 Å². The van der Waals surface area contributed by atoms with Gasteiger partial charge in [0.1, 0.15) is 23.3 Å². The van der Waals surface area contributed by atoms with Gasteiger partial charge < -0.3 is 10.2 Å². The second-order valence-corrected chi connectivity index (χ2v) is 9.02. The van der Waals surface area contributed by atoms with Crippen molar-refractivity contribution in [3.63, 3.8) is 0 Å². The Bertz CT molecular complexity index is 1360. The first-order chi connectivity index (χ1) is 17.0. The van der Waals surface area contributed by atoms with E-state index in [0.717, 1.165) is 0 Å². The second-order valence-electron chi connectivity index (χ2n) is 8.62. The summed E-state index contributed by atoms with van der Waals surface area (Å²) in [5, 5.41) is 2.57. The van der Waals surface area contributed by atoms with Crippen LogP contribution in [0.3, 0.4) is 0 Å². The molecule has 4 rings (SSSR count). The van der Waals surface area contributed by atoms with E-state index >= 15 is 0 Å². The molecule has 0 aliphatic carbocycles. The van der Waals surface area contributed by atoms with Gasteiger partial charge in [-0.1, -0.05) is 23.7 Å². The Morgan fingerprint density at radius 2 is 1.69 bits per heavy atom. The number of benzene rings is 3. The molecule has 0 saturated carbocycles. The van der Waals surface area contributed by atoms with Crippen molar-refractivity contribution in [2.24, 2.45) is 0 Å². The first-order valence-corrected chi connectivity index (χ1v) is 11.4. The maximum Gasteiger partial charge on any atom is 0.325 e. The van der Waals surface area contributed by atoms with E-state index in [-0.39, 0.29) is 28.7 Å². The molecule has 0 unspecified atom stereocenters. The summed E-state index contributed by atoms with van der Waals surface area (Å²) in [6.45, 7) is 2.71. The van der Waals surface area contributed by atoms with Gasteiger partial charge in [-0.2, -0.15) is 0 Å². The van der Waals surface area contributed by atoms with Crippen LogP contribution in [0.15, 0.2) is 42.5 Å². The Hall–Kier alpha value is -3.59. The number of carbonyl (C=O) groups is 2. The molecule has 1 aliphatic heterocycles. The van der Waals surface area contributed by atoms with Crippen molar-refractivity contribution in [3.8, 4) is 0 Å². The Morgan fingerprint density at radius 1 is 1.03 bits per heavy atom. The van der Waals surface area contributed by atoms with Gasteiger partial charge >= 0.3 is 6.03 Å². The lowest BCUT2D eigenvalue weighted by molar-refractivity contribution is 0.0950. The first kappa shape index (κ1) is 25.5. The number of fused-ring (bicyclic) bond motifs is 1. The summed E-state index contributed by atoms with van der Waals surface area (Å²) in [6, 6.07) is 8.04. The van der Waals surface area contributed by atoms with Gasteiger partial charge in [-0.05, 0) is 43.2 Å². The number of urea groups is 1. The van der Waals surface area contributed by atoms with Crippen molar-refractivity contribution < 1.29 is 27.2 Å². The summed E-state index contributed by atoms with van der Waals surface area (Å²) in [7, 11) is 1.61. The molecule has 0 fully saturated rings. The molecular formula is C26H22ClF4N3O2. The molecule has 0 saturated heterocycles. The third-order valence-corrected chi connectivity index (χ3v) is 6.73. The SMILES string of the molecule is Cc1ccc(Cl)c(CN2C(=O)N(C)[C@@H](C)c3ccc(C(=O)NCc4c(F)cc(F)cc4F)cc32)c1F. The molecule has 36 heavy (non-hydrogen) atoms. The van der Waals surface area contributed by atoms with Crippen molar-refractivity contribution in [1.29, 1.82) is 0 Å². The Morgan fingerprint density at radius 3 is 2.36 bits per heavy atom. The summed E-state index contributed by atoms with van der Waals surface area (Å²) in [5.74, 6) is -4.51. The van der Waals surface area contributed by atoms with E-state index in [1.54, 1.807) is 26.1 Å². The molecule has 0 spiro atoms. The van der Waals surface area contributed by atoms with Gasteiger partial charge in [0, 0.05) is 47.4 Å². The average molecular weight is 520 g/mol. The van der Waals surface area contributed by atoms with Gasteiger partial charge in [0.25, 0.3) is 5.91 Å². The van der Waals surface area contributed by atoms with Crippen molar-refractivity contribution in [1.82, 2.24) is 10.2 Å². The quantitative estimate of drug-likeness (QED) is 0.404. The van der Waals surface area contributed by atoms with Crippen LogP contribution in [0, 0.1) is 30.2 Å². The smallest absolute Gasteiger partial charge is 0.325 e. The standard InChI is InChI=1S/C26H22ClF4N3O2/c1-13-4-7-20(27)19(24(13)31)12-34-23-8-15(5-6-17(23)14(2)33(3)26(34)36)25(35)32-11-18-21(29)9-16(28)10-22(18)30/h4-10,14H,11-12H2,1-3H3,(H,32,35)/t14-/m0/s1. The highest BCUT2D eigenvalue weighted by Crippen LogP contribution is 2.38. The van der Waals surface area contributed by atoms with Crippen LogP contribution < -0.4 is 10.2 Å². The molecule has 0 bridgehead atoms. The van der Waals surface area contributed by atoms with Gasteiger partial charge in [0.2, 0.25) is 0 Å². The van der Waals surface area contributed by atoms with Crippen molar-refractivity contribution in [3.05, 3.63) is 98.6 Å². The van der Waals surface area contributed by atoms with E-state index in [1.165, 1.54) is 28.0 Å². The molecule has 1 heterocycles. The fourth-order valence-electron chi connectivity index (χ4n) is 4.12. The maximum absolute atomic E-state index is 14.9. The minimum atomic E-state index is -1.12. The molecule has 3 amide bonds. The summed E-state index contributed by atoms with van der Waals surface area (Å²) in [5.41, 5.74) is 1.23. The minimum absolute atomic E-state index is 0.113. The monoisotopic (exact) mass is 519 g/mol. The third-order valence-electron chi connectivity index (χ3n) is 6.37. The third kappa shape index (κ3) is 4.63. The number of nitrogens with zero attached hydrogens (tertiary/aromatic N) is 2. The van der Waals surface area contributed by atoms with Crippen LogP contribution in [-0.4, -0.2) is 23.9 Å². The van der Waals surface area contributed by atoms with Crippen molar-refractivity contribution >= 4 is 29.2 Å². The molecule has 1 N–H and O–H groups in total. The maximum atomic E-state index is 14.9. The van der Waals surface area contributed by atoms with E-state index in [4.69, 9.17) is 11.6 Å². The highest BCUT2D eigenvalue weighted by Gasteiger charge is 2.34. The lowest BCUT2D eigenvalue weighted by atomic mass is 9.98. The number of hydrogen-bond donors (Lipinski definition) is 1. The topological polar surface area (TPSA) is 52.7 Å². The zero-order valence-corrected chi connectivity index (χ0v) is 20.4. The molecule has 0 radical (unpaired) electrons. The van der Waals surface area contributed by atoms with Gasteiger partial charge in [0.05, 0.1) is 18.3 Å². The summed E-state index contributed by atoms with van der Waals surface area (Å²) in [6.07, 6.45) is 0. The van der Waals surface area contributed by atoms with E-state index in [1.807, 2.05) is 6.92 Å². The number of aryl methyl sites for hydroxylation is 1. The number of amides is 3. The molecule has 10 heteroatoms. The number of carbonyl (C=O) groups excluding carboxylic acids is 2. The molecular weight excluding hydrogens is 498 g/mol. The van der Waals surface area contributed by atoms with Crippen LogP contribution in [0.5, 0.6) is 0 Å². The molecule has 5 nitrogen and oxygen atoms in total. The second kappa shape index (κ2) is 9.81. The normalized spacial score (nSPS) is 15.2. The van der Waals surface area contributed by atoms with Gasteiger partial charge in [0.15, 0.2) is 0 Å². The molecule has 188 valence electrons. The van der Waals surface area contributed by atoms with E-state index in [0.29, 0.717) is 28.9 Å². The van der Waals surface area contributed by atoms with Gasteiger partial charge in [-0.25, -0.2) is 22.4 Å². The number of halogens is 5. The van der Waals surface area contributed by atoms with Crippen LogP contribution in [0.2, 0.25) is 5.02 Å². The predicted molar refractivity (Wildman–Crippen MR) is 128 cm³/mol. The van der Waals surface area contributed by atoms with Crippen LogP contribution in [0.4, 0.5) is 28.0 Å². The Balaban J connectivity index is 1.67. The first-order valence-electron chi connectivity index (χ1n) is 11.0. The van der Waals surface area contributed by atoms with Crippen LogP contribution in [-0.2, 0) is 13.1 Å². The molecule has 0 aromatic heterocycles. The van der Waals surface area contributed by atoms with E-state index in [2.05, 4.69) is 5.32 Å². The zero-order valence-electron chi connectivity index (χ0n) is 19.6. The highest BCUT2D eigenvalue weighted by molar-refractivity contribution is 6.31. The van der Waals surface area contributed by atoms with Crippen molar-refractivity contribution in [2.75, 3.05) is 11.9 Å². The lowest BCUT2D eigenvalue weighted by Gasteiger charge is -2.40. The number of nitrogens with one attached hydrogen (secondary N) is 1. The Labute approximate surface area is 210 Å². The zero-order chi connectivity index (χ0) is 26.3. The molecule has 3 aromatic rings. The fraction of sp³-hybridized carbons (Fsp3) is 0.231. The van der Waals surface area contributed by atoms with Gasteiger partial charge in [-0.15, -0.1) is 0 Å². The highest BCUT2D eigenvalue weighted by atomic mass is 35.5. The molecule has 3 aromatic carbocycles. The van der Waals surface area contributed by atoms with Crippen LogP contribution in [0.25, 0.3) is 0 Å².